The van der Waals surface area contributed by atoms with E-state index < -0.39 is 15.8 Å². The highest BCUT2D eigenvalue weighted by Gasteiger charge is 2.19. The lowest BCUT2D eigenvalue weighted by molar-refractivity contribution is -0.393. The highest BCUT2D eigenvalue weighted by molar-refractivity contribution is 5.95. The number of ether oxygens (including phenoxy) is 10. The third kappa shape index (κ3) is 20.1. The Labute approximate surface area is 368 Å². The van der Waals surface area contributed by atoms with Crippen molar-refractivity contribution in [3.8, 4) is 11.5 Å². The number of nitrogens with one attached hydrogen (secondary N) is 3. The molecule has 0 fully saturated rings. The second kappa shape index (κ2) is 30.3. The minimum absolute atomic E-state index is 0.0991. The third-order valence-electron chi connectivity index (χ3n) is 8.64. The summed E-state index contributed by atoms with van der Waals surface area (Å²) in [5, 5.41) is 37.6. The zero-order valence-electron chi connectivity index (χ0n) is 35.4. The fourth-order valence-electron chi connectivity index (χ4n) is 5.49. The van der Waals surface area contributed by atoms with E-state index in [1.807, 2.05) is 0 Å². The summed E-state index contributed by atoms with van der Waals surface area (Å²) in [5.41, 5.74) is 0.660. The van der Waals surface area contributed by atoms with Crippen LogP contribution in [-0.4, -0.2) is 164 Å². The van der Waals surface area contributed by atoms with Gasteiger partial charge in [-0.1, -0.05) is 0 Å². The molecule has 0 atom stereocenters. The Morgan fingerprint density at radius 3 is 1.48 bits per heavy atom. The average Bonchev–Trinajstić information content (AvgIpc) is 3.72. The van der Waals surface area contributed by atoms with Crippen molar-refractivity contribution < 1.29 is 71.9 Å². The van der Waals surface area contributed by atoms with E-state index in [1.165, 1.54) is 12.1 Å². The van der Waals surface area contributed by atoms with E-state index in [0.29, 0.717) is 141 Å². The van der Waals surface area contributed by atoms with E-state index in [4.69, 9.17) is 52.5 Å². The number of hydrogen-bond donors (Lipinski definition) is 4. The van der Waals surface area contributed by atoms with Crippen LogP contribution in [0.15, 0.2) is 66.7 Å². The van der Waals surface area contributed by atoms with E-state index in [9.17, 15) is 29.8 Å². The van der Waals surface area contributed by atoms with Gasteiger partial charge < -0.3 is 68.1 Å². The summed E-state index contributed by atoms with van der Waals surface area (Å²) in [5.74, 6) is -0.219. The standard InChI is InChI=1S/C42H55N5O17/c48-41(32-1-5-35(6-2-32)64-36-7-3-33-29-39(42(49)50)45-38(33)31-36)44-10-12-56-14-16-58-18-20-60-22-24-62-26-28-63-27-25-61-23-21-59-19-17-57-15-13-55-11-9-43-37-8-4-34(46(51)52)30-40(37)47(53)54/h1-8,29-31,43,45H,9-28H2,(H,44,48)(H,49,50). The Balaban J connectivity index is 0.822. The fourth-order valence-corrected chi connectivity index (χ4v) is 5.49. The number of amides is 1. The van der Waals surface area contributed by atoms with Gasteiger partial charge in [-0.25, -0.2) is 4.79 Å². The van der Waals surface area contributed by atoms with Crippen molar-refractivity contribution in [2.75, 3.05) is 137 Å². The number of non-ortho nitro benzene ring substituents is 1. The molecule has 3 aromatic carbocycles. The lowest BCUT2D eigenvalue weighted by Crippen LogP contribution is -2.27. The molecule has 0 spiro atoms. The number of carboxylic acids is 1. The SMILES string of the molecule is O=C(NCCOCCOCCOCCOCCOCCOCCOCCOCCOCCNc1ccc([N+](=O)[O-])cc1[N+](=O)[O-])c1ccc(Oc2ccc3cc(C(=O)O)[nH]c3c2)cc1. The van der Waals surface area contributed by atoms with E-state index >= 15 is 0 Å². The molecule has 64 heavy (non-hydrogen) atoms. The topological polar surface area (TPSA) is 273 Å². The lowest BCUT2D eigenvalue weighted by atomic mass is 10.2. The van der Waals surface area contributed by atoms with Crippen molar-refractivity contribution in [3.63, 3.8) is 0 Å². The van der Waals surface area contributed by atoms with Crippen LogP contribution < -0.4 is 15.4 Å². The van der Waals surface area contributed by atoms with Gasteiger partial charge in [-0.15, -0.1) is 0 Å². The van der Waals surface area contributed by atoms with Crippen LogP contribution in [0, 0.1) is 20.2 Å². The van der Waals surface area contributed by atoms with E-state index in [-0.39, 0.29) is 41.8 Å². The van der Waals surface area contributed by atoms with Gasteiger partial charge in [0.2, 0.25) is 0 Å². The van der Waals surface area contributed by atoms with Crippen molar-refractivity contribution in [1.29, 1.82) is 0 Å². The molecule has 0 aliphatic rings. The van der Waals surface area contributed by atoms with Crippen molar-refractivity contribution in [2.24, 2.45) is 0 Å². The van der Waals surface area contributed by atoms with Gasteiger partial charge in [-0.3, -0.25) is 25.0 Å². The van der Waals surface area contributed by atoms with Crippen LogP contribution in [0.1, 0.15) is 20.8 Å². The van der Waals surface area contributed by atoms with E-state index in [2.05, 4.69) is 15.6 Å². The highest BCUT2D eigenvalue weighted by Crippen LogP contribution is 2.29. The zero-order chi connectivity index (χ0) is 45.6. The second-order valence-corrected chi connectivity index (χ2v) is 13.3. The molecule has 0 bridgehead atoms. The molecule has 4 N–H and O–H groups in total. The first kappa shape index (κ1) is 50.8. The van der Waals surface area contributed by atoms with Crippen LogP contribution in [0.3, 0.4) is 0 Å². The number of nitro groups is 2. The van der Waals surface area contributed by atoms with Crippen LogP contribution in [-0.2, 0) is 42.6 Å². The lowest BCUT2D eigenvalue weighted by Gasteiger charge is -2.09. The van der Waals surface area contributed by atoms with Gasteiger partial charge >= 0.3 is 5.97 Å². The summed E-state index contributed by atoms with van der Waals surface area (Å²) in [7, 11) is 0. The monoisotopic (exact) mass is 901 g/mol. The fraction of sp³-hybridized carbons (Fsp3) is 0.476. The first-order valence-electron chi connectivity index (χ1n) is 20.5. The van der Waals surface area contributed by atoms with Crippen LogP contribution >= 0.6 is 0 Å². The van der Waals surface area contributed by atoms with Gasteiger partial charge in [0.05, 0.1) is 135 Å². The van der Waals surface area contributed by atoms with Crippen LogP contribution in [0.2, 0.25) is 0 Å². The predicted octanol–water partition coefficient (Wildman–Crippen LogP) is 4.47. The van der Waals surface area contributed by atoms with Gasteiger partial charge in [0.25, 0.3) is 17.3 Å². The van der Waals surface area contributed by atoms with Crippen LogP contribution in [0.5, 0.6) is 11.5 Å². The number of nitrogens with zero attached hydrogens (tertiary/aromatic N) is 2. The molecule has 0 unspecified atom stereocenters. The maximum Gasteiger partial charge on any atom is 0.352 e. The number of H-pyrrole nitrogens is 1. The smallest absolute Gasteiger partial charge is 0.352 e. The molecule has 1 amide bonds. The summed E-state index contributed by atoms with van der Waals surface area (Å²) in [6.45, 7) is 7.70. The maximum atomic E-state index is 12.5. The number of carbonyl (C=O) groups is 2. The normalized spacial score (nSPS) is 11.2. The van der Waals surface area contributed by atoms with Crippen molar-refractivity contribution in [1.82, 2.24) is 10.3 Å². The Bertz CT molecular complexity index is 2000. The van der Waals surface area contributed by atoms with E-state index in [1.54, 1.807) is 48.5 Å². The first-order valence-corrected chi connectivity index (χ1v) is 20.5. The Hall–Kier alpha value is -5.82. The zero-order valence-corrected chi connectivity index (χ0v) is 35.4. The number of anilines is 1. The second-order valence-electron chi connectivity index (χ2n) is 13.3. The first-order chi connectivity index (χ1) is 31.2. The molecule has 22 nitrogen and oxygen atoms in total. The molecular weight excluding hydrogens is 846 g/mol. The van der Waals surface area contributed by atoms with Crippen molar-refractivity contribution >= 4 is 39.8 Å². The molecule has 1 heterocycles. The third-order valence-corrected chi connectivity index (χ3v) is 8.64. The molecule has 0 saturated heterocycles. The molecule has 4 aromatic rings. The molecule has 0 aliphatic heterocycles. The maximum absolute atomic E-state index is 12.5. The average molecular weight is 902 g/mol. The number of aromatic carboxylic acids is 1. The van der Waals surface area contributed by atoms with Crippen molar-refractivity contribution in [2.45, 2.75) is 0 Å². The number of benzene rings is 3. The van der Waals surface area contributed by atoms with E-state index in [0.717, 1.165) is 11.5 Å². The number of carboxylic acid groups (broad SMARTS) is 1. The highest BCUT2D eigenvalue weighted by atomic mass is 16.6. The molecule has 0 radical (unpaired) electrons. The minimum Gasteiger partial charge on any atom is -0.477 e. The van der Waals surface area contributed by atoms with Gasteiger partial charge in [0, 0.05) is 41.7 Å². The number of nitro benzene ring substituents is 2. The molecule has 22 heteroatoms. The number of aromatic nitrogens is 1. The number of hydrogen-bond acceptors (Lipinski definition) is 17. The quantitative estimate of drug-likeness (QED) is 0.0276. The van der Waals surface area contributed by atoms with Gasteiger partial charge in [0.15, 0.2) is 0 Å². The minimum atomic E-state index is -1.04. The predicted molar refractivity (Wildman–Crippen MR) is 230 cm³/mol. The Kier molecular flexibility index (Phi) is 24.1. The molecule has 0 aliphatic carbocycles. The van der Waals surface area contributed by atoms with Crippen molar-refractivity contribution in [3.05, 3.63) is 98.2 Å². The largest absolute Gasteiger partial charge is 0.477 e. The molecule has 0 saturated carbocycles. The number of carbonyl (C=O) groups excluding carboxylic acids is 1. The summed E-state index contributed by atoms with van der Waals surface area (Å²) < 4.78 is 55.1. The summed E-state index contributed by atoms with van der Waals surface area (Å²) in [6, 6.07) is 16.9. The summed E-state index contributed by atoms with van der Waals surface area (Å²) in [4.78, 5) is 47.1. The summed E-state index contributed by atoms with van der Waals surface area (Å²) >= 11 is 0. The number of aromatic amines is 1. The van der Waals surface area contributed by atoms with Gasteiger partial charge in [-0.2, -0.15) is 0 Å². The molecule has 350 valence electrons. The number of rotatable bonds is 37. The summed E-state index contributed by atoms with van der Waals surface area (Å²) in [6.07, 6.45) is 0. The molecular formula is C42H55N5O17. The van der Waals surface area contributed by atoms with Crippen LogP contribution in [0.25, 0.3) is 10.9 Å². The van der Waals surface area contributed by atoms with Crippen LogP contribution in [0.4, 0.5) is 17.1 Å². The number of fused-ring (bicyclic) bond motifs is 1. The Morgan fingerprint density at radius 2 is 1.02 bits per heavy atom. The molecule has 4 rings (SSSR count). The van der Waals surface area contributed by atoms with Gasteiger partial charge in [0.1, 0.15) is 22.9 Å². The Morgan fingerprint density at radius 1 is 0.547 bits per heavy atom. The van der Waals surface area contributed by atoms with Gasteiger partial charge in [-0.05, 0) is 48.5 Å². The molecule has 1 aromatic heterocycles.